The molecule has 0 aromatic heterocycles. The number of hydrogen-bond acceptors (Lipinski definition) is 10. The van der Waals surface area contributed by atoms with E-state index in [4.69, 9.17) is 28.4 Å². The van der Waals surface area contributed by atoms with Gasteiger partial charge in [0.2, 0.25) is 0 Å². The summed E-state index contributed by atoms with van der Waals surface area (Å²) < 4.78 is 35.6. The zero-order valence-electron chi connectivity index (χ0n) is 45.1. The standard InChI is InChI=1S/C62H72O10/c1-59(2,3)45-21-35-17-36-22-46(60(4,5)6)24-38(54(36)64)19-40-26-48(62(10,11)12)28-42(56(40)72-58(66)44-31-51(69-15)34-52(32-44)70-16)20-41-27-47(61(7,8)9)25-39(18-37(23-45)53(35)63)55(41)71-57(65)43-29-49(67-13)33-50(30-43)68-14/h21-34,63-64H,17-20H2,1-16H3. The number of methoxy groups -OCH3 is 4. The largest absolute Gasteiger partial charge is 0.507 e. The van der Waals surface area contributed by atoms with Gasteiger partial charge in [-0.05, 0) is 90.4 Å². The number of aromatic hydroxyl groups is 2. The van der Waals surface area contributed by atoms with Gasteiger partial charge in [0.1, 0.15) is 46.0 Å². The summed E-state index contributed by atoms with van der Waals surface area (Å²) in [4.78, 5) is 29.5. The second-order valence-electron chi connectivity index (χ2n) is 23.2. The summed E-state index contributed by atoms with van der Waals surface area (Å²) in [6.07, 6.45) is 0.705. The Hall–Kier alpha value is -6.94. The molecule has 72 heavy (non-hydrogen) atoms. The molecule has 10 heteroatoms. The fourth-order valence-corrected chi connectivity index (χ4v) is 9.06. The fourth-order valence-electron chi connectivity index (χ4n) is 9.06. The van der Waals surface area contributed by atoms with Gasteiger partial charge in [0.25, 0.3) is 0 Å². The average molecular weight is 977 g/mol. The van der Waals surface area contributed by atoms with Crippen molar-refractivity contribution in [2.75, 3.05) is 28.4 Å². The number of hydrogen-bond donors (Lipinski definition) is 2. The third kappa shape index (κ3) is 11.5. The van der Waals surface area contributed by atoms with Gasteiger partial charge in [-0.2, -0.15) is 0 Å². The number of fused-ring (bicyclic) bond motifs is 8. The molecule has 0 amide bonds. The molecule has 0 saturated heterocycles. The number of carbonyl (C=O) groups is 2. The summed E-state index contributed by atoms with van der Waals surface area (Å²) in [6.45, 7) is 25.6. The molecule has 0 saturated carbocycles. The van der Waals surface area contributed by atoms with Crippen molar-refractivity contribution >= 4 is 11.9 Å². The maximum absolute atomic E-state index is 14.7. The van der Waals surface area contributed by atoms with Gasteiger partial charge < -0.3 is 38.6 Å². The van der Waals surface area contributed by atoms with Crippen molar-refractivity contribution in [3.63, 3.8) is 0 Å². The van der Waals surface area contributed by atoms with Crippen LogP contribution in [0.2, 0.25) is 0 Å². The van der Waals surface area contributed by atoms with Crippen molar-refractivity contribution in [1.29, 1.82) is 0 Å². The Morgan fingerprint density at radius 3 is 0.778 bits per heavy atom. The molecule has 0 spiro atoms. The highest BCUT2D eigenvalue weighted by Crippen LogP contribution is 2.44. The second-order valence-corrected chi connectivity index (χ2v) is 23.2. The monoisotopic (exact) mass is 977 g/mol. The Kier molecular flexibility index (Phi) is 14.6. The van der Waals surface area contributed by atoms with E-state index in [0.717, 1.165) is 22.3 Å². The smallest absolute Gasteiger partial charge is 0.343 e. The van der Waals surface area contributed by atoms with Crippen molar-refractivity contribution < 1.29 is 48.2 Å². The van der Waals surface area contributed by atoms with Crippen LogP contribution >= 0.6 is 0 Å². The minimum Gasteiger partial charge on any atom is -0.507 e. The Bertz CT molecular complexity index is 2810. The van der Waals surface area contributed by atoms with Gasteiger partial charge in [-0.3, -0.25) is 0 Å². The van der Waals surface area contributed by atoms with Crippen LogP contribution in [0, 0.1) is 0 Å². The Balaban J connectivity index is 1.61. The predicted molar refractivity (Wildman–Crippen MR) is 284 cm³/mol. The molecule has 1 aliphatic rings. The van der Waals surface area contributed by atoms with Gasteiger partial charge in [-0.25, -0.2) is 9.59 Å². The third-order valence-electron chi connectivity index (χ3n) is 13.6. The highest BCUT2D eigenvalue weighted by Gasteiger charge is 2.30. The molecular weight excluding hydrogens is 905 g/mol. The van der Waals surface area contributed by atoms with Gasteiger partial charge in [0, 0.05) is 60.1 Å². The normalized spacial score (nSPS) is 13.0. The maximum Gasteiger partial charge on any atom is 0.343 e. The third-order valence-corrected chi connectivity index (χ3v) is 13.6. The lowest BCUT2D eigenvalue weighted by Gasteiger charge is -2.28. The highest BCUT2D eigenvalue weighted by molar-refractivity contribution is 5.93. The molecule has 2 N–H and O–H groups in total. The first-order chi connectivity index (χ1) is 33.6. The molecule has 1 aliphatic carbocycles. The van der Waals surface area contributed by atoms with E-state index in [9.17, 15) is 19.8 Å². The van der Waals surface area contributed by atoms with Crippen LogP contribution in [0.25, 0.3) is 0 Å². The fraction of sp³-hybridized carbons (Fsp3) is 0.387. The number of phenolic OH excluding ortho intramolecular Hbond substituents is 2. The van der Waals surface area contributed by atoms with Crippen molar-refractivity contribution in [3.05, 3.63) is 163 Å². The van der Waals surface area contributed by atoms with Gasteiger partial charge >= 0.3 is 11.9 Å². The molecule has 380 valence electrons. The van der Waals surface area contributed by atoms with Gasteiger partial charge in [0.15, 0.2) is 0 Å². The Labute approximate surface area is 426 Å². The summed E-state index contributed by atoms with van der Waals surface area (Å²) in [5, 5.41) is 25.1. The molecule has 0 fully saturated rings. The topological polar surface area (TPSA) is 130 Å². The number of rotatable bonds is 8. The first-order valence-electron chi connectivity index (χ1n) is 24.5. The van der Waals surface area contributed by atoms with E-state index in [-0.39, 0.29) is 59.1 Å². The van der Waals surface area contributed by atoms with Crippen LogP contribution in [-0.2, 0) is 47.3 Å². The van der Waals surface area contributed by atoms with Crippen LogP contribution in [-0.4, -0.2) is 50.6 Å². The molecule has 0 aliphatic heterocycles. The van der Waals surface area contributed by atoms with Crippen LogP contribution < -0.4 is 28.4 Å². The second kappa shape index (κ2) is 19.9. The quantitative estimate of drug-likeness (QED) is 0.112. The summed E-state index contributed by atoms with van der Waals surface area (Å²) in [6, 6.07) is 26.2. The first-order valence-corrected chi connectivity index (χ1v) is 24.5. The van der Waals surface area contributed by atoms with Gasteiger partial charge in [-0.1, -0.05) is 132 Å². The molecule has 0 unspecified atom stereocenters. The molecular formula is C62H72O10. The number of benzene rings is 6. The molecule has 8 bridgehead atoms. The zero-order valence-corrected chi connectivity index (χ0v) is 45.1. The molecule has 6 aromatic carbocycles. The predicted octanol–water partition coefficient (Wildman–Crippen LogP) is 13.4. The molecule has 10 nitrogen and oxygen atoms in total. The highest BCUT2D eigenvalue weighted by atomic mass is 16.5. The zero-order chi connectivity index (χ0) is 52.8. The van der Waals surface area contributed by atoms with Crippen molar-refractivity contribution in [2.24, 2.45) is 0 Å². The lowest BCUT2D eigenvalue weighted by atomic mass is 9.79. The SMILES string of the molecule is COc1cc(OC)cc(C(=O)Oc2c3cc(C(C)(C)C)cc2Cc2cc(C(C)(C)C)cc(c2OC(=O)c2cc(OC)cc(OC)c2)Cc2cc(C(C)(C)C)cc(c2O)Cc2cc(C(C)(C)C)cc(c2O)C3)c1. The van der Waals surface area contributed by atoms with E-state index < -0.39 is 22.8 Å². The maximum atomic E-state index is 14.7. The van der Waals surface area contributed by atoms with E-state index >= 15 is 0 Å². The average Bonchev–Trinajstić information content (AvgIpc) is 3.30. The van der Waals surface area contributed by atoms with E-state index in [2.05, 4.69) is 107 Å². The van der Waals surface area contributed by atoms with Crippen LogP contribution in [0.5, 0.6) is 46.0 Å². The van der Waals surface area contributed by atoms with E-state index in [1.807, 2.05) is 24.3 Å². The van der Waals surface area contributed by atoms with Crippen LogP contribution in [0.4, 0.5) is 0 Å². The summed E-state index contributed by atoms with van der Waals surface area (Å²) in [7, 11) is 6.08. The lowest BCUT2D eigenvalue weighted by molar-refractivity contribution is 0.0723. The van der Waals surface area contributed by atoms with Crippen LogP contribution in [0.15, 0.2) is 84.9 Å². The molecule has 0 atom stereocenters. The van der Waals surface area contributed by atoms with Crippen molar-refractivity contribution in [2.45, 2.75) is 130 Å². The Morgan fingerprint density at radius 2 is 0.556 bits per heavy atom. The lowest BCUT2D eigenvalue weighted by Crippen LogP contribution is -2.19. The molecule has 0 radical (unpaired) electrons. The number of esters is 2. The van der Waals surface area contributed by atoms with Gasteiger partial charge in [-0.15, -0.1) is 0 Å². The minimum absolute atomic E-state index is 0.0955. The summed E-state index contributed by atoms with van der Waals surface area (Å²) in [5.74, 6) is 1.17. The number of phenols is 2. The van der Waals surface area contributed by atoms with E-state index in [1.54, 1.807) is 36.4 Å². The first kappa shape index (κ1) is 52.9. The molecule has 7 rings (SSSR count). The molecule has 0 heterocycles. The van der Waals surface area contributed by atoms with Crippen LogP contribution in [0.1, 0.15) is 171 Å². The van der Waals surface area contributed by atoms with E-state index in [0.29, 0.717) is 79.0 Å². The minimum atomic E-state index is -0.646. The number of carbonyl (C=O) groups excluding carboxylic acids is 2. The number of ether oxygens (including phenoxy) is 6. The van der Waals surface area contributed by atoms with E-state index in [1.165, 1.54) is 28.4 Å². The van der Waals surface area contributed by atoms with Crippen molar-refractivity contribution in [1.82, 2.24) is 0 Å². The van der Waals surface area contributed by atoms with Gasteiger partial charge in [0.05, 0.1) is 39.6 Å². The summed E-state index contributed by atoms with van der Waals surface area (Å²) in [5.41, 5.74) is 8.09. The summed E-state index contributed by atoms with van der Waals surface area (Å²) >= 11 is 0. The molecule has 6 aromatic rings. The van der Waals surface area contributed by atoms with Crippen LogP contribution in [0.3, 0.4) is 0 Å². The van der Waals surface area contributed by atoms with Crippen molar-refractivity contribution in [3.8, 4) is 46.0 Å². The Morgan fingerprint density at radius 1 is 0.347 bits per heavy atom.